The van der Waals surface area contributed by atoms with Gasteiger partial charge in [0.1, 0.15) is 6.04 Å². The number of benzene rings is 1. The van der Waals surface area contributed by atoms with Crippen LogP contribution in [0.25, 0.3) is 10.9 Å². The Hall–Kier alpha value is -2.94. The average Bonchev–Trinajstić information content (AvgIpc) is 2.59. The zero-order valence-electron chi connectivity index (χ0n) is 12.9. The number of nitrogens with zero attached hydrogens (tertiary/aromatic N) is 2. The van der Waals surface area contributed by atoms with Crippen molar-refractivity contribution < 1.29 is 14.3 Å². The molecule has 118 valence electrons. The molecule has 1 N–H and O–H groups in total. The van der Waals surface area contributed by atoms with Crippen LogP contribution in [0.15, 0.2) is 36.5 Å². The Kier molecular flexibility index (Phi) is 5.26. The smallest absolute Gasteiger partial charge is 0.328 e. The fourth-order valence-corrected chi connectivity index (χ4v) is 2.29. The normalized spacial score (nSPS) is 12.9. The van der Waals surface area contributed by atoms with Crippen LogP contribution < -0.4 is 5.32 Å². The standard InChI is InChI=1S/C17H17N3O3/c1-11(10-18)9-15(17(22)23-2)20-16(21)13-7-8-19-14-6-4-3-5-12(13)14/h3-8,11,15H,9H2,1-2H3,(H,20,21)/t11-,15-/m1/s1. The maximum Gasteiger partial charge on any atom is 0.328 e. The van der Waals surface area contributed by atoms with Crippen LogP contribution in [0.3, 0.4) is 0 Å². The minimum absolute atomic E-state index is 0.192. The molecule has 2 rings (SSSR count). The molecule has 1 aromatic heterocycles. The van der Waals surface area contributed by atoms with Gasteiger partial charge in [0.15, 0.2) is 0 Å². The Bertz CT molecular complexity index is 762. The Morgan fingerprint density at radius 3 is 2.78 bits per heavy atom. The second kappa shape index (κ2) is 7.36. The molecule has 0 aliphatic rings. The maximum absolute atomic E-state index is 12.5. The van der Waals surface area contributed by atoms with E-state index in [-0.39, 0.29) is 12.3 Å². The number of esters is 1. The second-order valence-electron chi connectivity index (χ2n) is 5.19. The van der Waals surface area contributed by atoms with Crippen molar-refractivity contribution in [1.82, 2.24) is 10.3 Å². The molecule has 23 heavy (non-hydrogen) atoms. The van der Waals surface area contributed by atoms with Gasteiger partial charge < -0.3 is 10.1 Å². The summed E-state index contributed by atoms with van der Waals surface area (Å²) >= 11 is 0. The fourth-order valence-electron chi connectivity index (χ4n) is 2.29. The van der Waals surface area contributed by atoms with E-state index >= 15 is 0 Å². The molecule has 2 atom stereocenters. The number of ether oxygens (including phenoxy) is 1. The molecule has 6 heteroatoms. The average molecular weight is 311 g/mol. The Balaban J connectivity index is 2.27. The molecule has 0 aliphatic heterocycles. The molecule has 0 aliphatic carbocycles. The van der Waals surface area contributed by atoms with Gasteiger partial charge in [-0.05, 0) is 25.5 Å². The zero-order valence-corrected chi connectivity index (χ0v) is 12.9. The lowest BCUT2D eigenvalue weighted by molar-refractivity contribution is -0.143. The van der Waals surface area contributed by atoms with Crippen molar-refractivity contribution in [3.8, 4) is 6.07 Å². The van der Waals surface area contributed by atoms with Gasteiger partial charge >= 0.3 is 5.97 Å². The van der Waals surface area contributed by atoms with E-state index in [1.54, 1.807) is 25.3 Å². The highest BCUT2D eigenvalue weighted by atomic mass is 16.5. The summed E-state index contributed by atoms with van der Waals surface area (Å²) in [6.07, 6.45) is 1.74. The van der Waals surface area contributed by atoms with Crippen LogP contribution >= 0.6 is 0 Å². The summed E-state index contributed by atoms with van der Waals surface area (Å²) < 4.78 is 4.71. The Morgan fingerprint density at radius 1 is 1.35 bits per heavy atom. The van der Waals surface area contributed by atoms with Crippen molar-refractivity contribution in [3.63, 3.8) is 0 Å². The van der Waals surface area contributed by atoms with Crippen molar-refractivity contribution in [2.24, 2.45) is 5.92 Å². The summed E-state index contributed by atoms with van der Waals surface area (Å²) in [4.78, 5) is 28.6. The third-order valence-corrected chi connectivity index (χ3v) is 3.49. The Morgan fingerprint density at radius 2 is 2.09 bits per heavy atom. The third-order valence-electron chi connectivity index (χ3n) is 3.49. The van der Waals surface area contributed by atoms with Gasteiger partial charge in [0, 0.05) is 17.5 Å². The molecule has 0 bridgehead atoms. The van der Waals surface area contributed by atoms with Crippen molar-refractivity contribution in [1.29, 1.82) is 5.26 Å². The second-order valence-corrected chi connectivity index (χ2v) is 5.19. The summed E-state index contributed by atoms with van der Waals surface area (Å²) in [5, 5.41) is 12.3. The van der Waals surface area contributed by atoms with E-state index in [9.17, 15) is 9.59 Å². The van der Waals surface area contributed by atoms with Crippen LogP contribution in [0.1, 0.15) is 23.7 Å². The van der Waals surface area contributed by atoms with Crippen LogP contribution in [-0.4, -0.2) is 30.0 Å². The van der Waals surface area contributed by atoms with E-state index in [1.807, 2.05) is 24.3 Å². The van der Waals surface area contributed by atoms with Gasteiger partial charge in [-0.1, -0.05) is 18.2 Å². The van der Waals surface area contributed by atoms with Crippen molar-refractivity contribution >= 4 is 22.8 Å². The lowest BCUT2D eigenvalue weighted by atomic mass is 10.0. The number of methoxy groups -OCH3 is 1. The number of amides is 1. The van der Waals surface area contributed by atoms with Gasteiger partial charge in [0.05, 0.1) is 24.3 Å². The number of carbonyl (C=O) groups excluding carboxylic acids is 2. The summed E-state index contributed by atoms with van der Waals surface area (Å²) in [7, 11) is 1.25. The van der Waals surface area contributed by atoms with Crippen molar-refractivity contribution in [2.75, 3.05) is 7.11 Å². The SMILES string of the molecule is COC(=O)[C@@H](C[C@@H](C)C#N)NC(=O)c1ccnc2ccccc12. The fraction of sp³-hybridized carbons (Fsp3) is 0.294. The molecular weight excluding hydrogens is 294 g/mol. The molecule has 0 saturated heterocycles. The molecule has 2 aromatic rings. The highest BCUT2D eigenvalue weighted by Gasteiger charge is 2.25. The van der Waals surface area contributed by atoms with Crippen LogP contribution in [0, 0.1) is 17.2 Å². The molecule has 0 fully saturated rings. The molecule has 1 amide bonds. The van der Waals surface area contributed by atoms with Gasteiger partial charge in [-0.2, -0.15) is 5.26 Å². The van der Waals surface area contributed by atoms with Crippen LogP contribution in [-0.2, 0) is 9.53 Å². The number of rotatable bonds is 5. The minimum atomic E-state index is -0.867. The molecule has 0 spiro atoms. The molecule has 0 unspecified atom stereocenters. The predicted octanol–water partition coefficient (Wildman–Crippen LogP) is 2.06. The van der Waals surface area contributed by atoms with Gasteiger partial charge in [0.25, 0.3) is 5.91 Å². The van der Waals surface area contributed by atoms with Crippen molar-refractivity contribution in [3.05, 3.63) is 42.1 Å². The Labute approximate surface area is 134 Å². The van der Waals surface area contributed by atoms with Crippen LogP contribution in [0.5, 0.6) is 0 Å². The number of pyridine rings is 1. The lowest BCUT2D eigenvalue weighted by Gasteiger charge is -2.18. The van der Waals surface area contributed by atoms with Gasteiger partial charge in [0.2, 0.25) is 0 Å². The van der Waals surface area contributed by atoms with Gasteiger partial charge in [-0.15, -0.1) is 0 Å². The lowest BCUT2D eigenvalue weighted by Crippen LogP contribution is -2.42. The van der Waals surface area contributed by atoms with Crippen LogP contribution in [0.4, 0.5) is 0 Å². The van der Waals surface area contributed by atoms with E-state index < -0.39 is 17.9 Å². The summed E-state index contributed by atoms with van der Waals surface area (Å²) in [5.41, 5.74) is 1.12. The first kappa shape index (κ1) is 16.4. The highest BCUT2D eigenvalue weighted by Crippen LogP contribution is 2.17. The van der Waals surface area contributed by atoms with Crippen LogP contribution in [0.2, 0.25) is 0 Å². The number of nitriles is 1. The molecular formula is C17H17N3O3. The van der Waals surface area contributed by atoms with Gasteiger partial charge in [-0.25, -0.2) is 4.79 Å². The highest BCUT2D eigenvalue weighted by molar-refractivity contribution is 6.07. The summed E-state index contributed by atoms with van der Waals surface area (Å²) in [6, 6.07) is 10.0. The first-order valence-electron chi connectivity index (χ1n) is 7.19. The zero-order chi connectivity index (χ0) is 16.8. The topological polar surface area (TPSA) is 92.1 Å². The number of aromatic nitrogens is 1. The van der Waals surface area contributed by atoms with E-state index in [4.69, 9.17) is 10.00 Å². The summed E-state index contributed by atoms with van der Waals surface area (Å²) in [5.74, 6) is -1.35. The van der Waals surface area contributed by atoms with Gasteiger partial charge in [-0.3, -0.25) is 9.78 Å². The molecule has 1 aromatic carbocycles. The maximum atomic E-state index is 12.5. The van der Waals surface area contributed by atoms with E-state index in [0.29, 0.717) is 16.5 Å². The van der Waals surface area contributed by atoms with E-state index in [0.717, 1.165) is 0 Å². The molecule has 0 saturated carbocycles. The number of nitrogens with one attached hydrogen (secondary N) is 1. The quantitative estimate of drug-likeness (QED) is 0.853. The van der Waals surface area contributed by atoms with E-state index in [1.165, 1.54) is 7.11 Å². The van der Waals surface area contributed by atoms with Crippen molar-refractivity contribution in [2.45, 2.75) is 19.4 Å². The number of fused-ring (bicyclic) bond motifs is 1. The summed E-state index contributed by atoms with van der Waals surface area (Å²) in [6.45, 7) is 1.68. The third kappa shape index (κ3) is 3.83. The molecule has 0 radical (unpaired) electrons. The number of hydrogen-bond acceptors (Lipinski definition) is 5. The minimum Gasteiger partial charge on any atom is -0.467 e. The first-order chi connectivity index (χ1) is 11.1. The first-order valence-corrected chi connectivity index (χ1v) is 7.19. The predicted molar refractivity (Wildman–Crippen MR) is 84.4 cm³/mol. The number of hydrogen-bond donors (Lipinski definition) is 1. The molecule has 6 nitrogen and oxygen atoms in total. The van der Waals surface area contributed by atoms with E-state index in [2.05, 4.69) is 10.3 Å². The number of para-hydroxylation sites is 1. The monoisotopic (exact) mass is 311 g/mol. The molecule has 1 heterocycles. The number of carbonyl (C=O) groups is 2. The largest absolute Gasteiger partial charge is 0.467 e.